The van der Waals surface area contributed by atoms with Crippen molar-refractivity contribution in [1.29, 1.82) is 0 Å². The van der Waals surface area contributed by atoms with Crippen LogP contribution in [0.1, 0.15) is 42.5 Å². The lowest BCUT2D eigenvalue weighted by atomic mass is 10.0. The fourth-order valence-electron chi connectivity index (χ4n) is 3.55. The van der Waals surface area contributed by atoms with E-state index in [-0.39, 0.29) is 18.9 Å². The van der Waals surface area contributed by atoms with Crippen LogP contribution in [0.25, 0.3) is 0 Å². The molecule has 0 aliphatic rings. The van der Waals surface area contributed by atoms with Crippen molar-refractivity contribution in [3.05, 3.63) is 64.7 Å². The summed E-state index contributed by atoms with van der Waals surface area (Å²) in [4.78, 5) is 24.3. The summed E-state index contributed by atoms with van der Waals surface area (Å²) in [7, 11) is 0. The summed E-state index contributed by atoms with van der Waals surface area (Å²) in [5, 5.41) is 19.0. The van der Waals surface area contributed by atoms with Crippen molar-refractivity contribution in [2.75, 3.05) is 6.54 Å². The lowest BCUT2D eigenvalue weighted by Gasteiger charge is -2.27. The molecule has 2 aromatic rings. The molecule has 6 nitrogen and oxygen atoms in total. The van der Waals surface area contributed by atoms with Crippen molar-refractivity contribution in [2.45, 2.75) is 53.2 Å². The van der Waals surface area contributed by atoms with E-state index in [2.05, 4.69) is 32.0 Å². The van der Waals surface area contributed by atoms with Gasteiger partial charge >= 0.3 is 12.1 Å². The van der Waals surface area contributed by atoms with Crippen LogP contribution >= 0.6 is 0 Å². The van der Waals surface area contributed by atoms with Gasteiger partial charge < -0.3 is 14.9 Å². The molecule has 0 bridgehead atoms. The molecule has 1 atom stereocenters. The Morgan fingerprint density at radius 1 is 1.00 bits per heavy atom. The van der Waals surface area contributed by atoms with Gasteiger partial charge in [0.25, 0.3) is 0 Å². The molecule has 0 radical (unpaired) electrons. The fourth-order valence-corrected chi connectivity index (χ4v) is 3.55. The van der Waals surface area contributed by atoms with Crippen LogP contribution in [0, 0.1) is 19.8 Å². The third kappa shape index (κ3) is 7.10. The highest BCUT2D eigenvalue weighted by molar-refractivity contribution is 5.79. The summed E-state index contributed by atoms with van der Waals surface area (Å²) in [6.45, 7) is 8.42. The van der Waals surface area contributed by atoms with Gasteiger partial charge in [0.15, 0.2) is 0 Å². The Bertz CT molecular complexity index is 857. The van der Waals surface area contributed by atoms with Crippen LogP contribution in [-0.4, -0.2) is 39.8 Å². The summed E-state index contributed by atoms with van der Waals surface area (Å²) in [6.07, 6.45) is -0.527. The molecular weight excluding hydrogens is 382 g/mol. The summed E-state index contributed by atoms with van der Waals surface area (Å²) in [6, 6.07) is 12.7. The van der Waals surface area contributed by atoms with Crippen LogP contribution in [0.3, 0.4) is 0 Å². The molecule has 6 heteroatoms. The lowest BCUT2D eigenvalue weighted by Crippen LogP contribution is -2.46. The zero-order chi connectivity index (χ0) is 22.3. The Labute approximate surface area is 178 Å². The average Bonchev–Trinajstić information content (AvgIpc) is 2.64. The SMILES string of the molecule is Cc1cc(C)cc(COc2cccc(CCN(C(=O)O)C(CC(C)C)C(=O)O)c2)c1. The number of hydrogen-bond donors (Lipinski definition) is 2. The van der Waals surface area contributed by atoms with Crippen LogP contribution < -0.4 is 4.74 Å². The van der Waals surface area contributed by atoms with Gasteiger partial charge in [-0.1, -0.05) is 55.3 Å². The number of aryl methyl sites for hydroxylation is 2. The quantitative estimate of drug-likeness (QED) is 0.578. The molecule has 0 fully saturated rings. The van der Waals surface area contributed by atoms with Crippen LogP contribution in [0.15, 0.2) is 42.5 Å². The molecule has 162 valence electrons. The zero-order valence-corrected chi connectivity index (χ0v) is 18.1. The van der Waals surface area contributed by atoms with E-state index in [9.17, 15) is 19.8 Å². The number of benzene rings is 2. The number of hydrogen-bond acceptors (Lipinski definition) is 3. The minimum Gasteiger partial charge on any atom is -0.489 e. The van der Waals surface area contributed by atoms with Crippen molar-refractivity contribution in [1.82, 2.24) is 4.90 Å². The van der Waals surface area contributed by atoms with Crippen molar-refractivity contribution < 1.29 is 24.5 Å². The van der Waals surface area contributed by atoms with Gasteiger partial charge in [-0.25, -0.2) is 9.59 Å². The van der Waals surface area contributed by atoms with Crippen LogP contribution in [0.5, 0.6) is 5.75 Å². The zero-order valence-electron chi connectivity index (χ0n) is 18.1. The number of amides is 1. The third-order valence-corrected chi connectivity index (χ3v) is 4.83. The van der Waals surface area contributed by atoms with Gasteiger partial charge in [0.2, 0.25) is 0 Å². The summed E-state index contributed by atoms with van der Waals surface area (Å²) < 4.78 is 5.91. The van der Waals surface area contributed by atoms with Gasteiger partial charge in [-0.05, 0) is 55.9 Å². The maximum absolute atomic E-state index is 11.7. The molecule has 0 saturated carbocycles. The topological polar surface area (TPSA) is 87.1 Å². The second-order valence-electron chi connectivity index (χ2n) is 8.14. The first-order valence-electron chi connectivity index (χ1n) is 10.2. The van der Waals surface area contributed by atoms with Crippen LogP contribution in [0.2, 0.25) is 0 Å². The molecule has 30 heavy (non-hydrogen) atoms. The molecule has 0 aliphatic heterocycles. The highest BCUT2D eigenvalue weighted by atomic mass is 16.5. The van der Waals surface area contributed by atoms with E-state index in [4.69, 9.17) is 4.74 Å². The Morgan fingerprint density at radius 2 is 1.67 bits per heavy atom. The van der Waals surface area contributed by atoms with Gasteiger partial charge in [0, 0.05) is 6.54 Å². The largest absolute Gasteiger partial charge is 0.489 e. The number of carboxylic acid groups (broad SMARTS) is 2. The van der Waals surface area contributed by atoms with Gasteiger partial charge in [-0.3, -0.25) is 4.90 Å². The molecule has 2 rings (SSSR count). The van der Waals surface area contributed by atoms with E-state index >= 15 is 0 Å². The second-order valence-corrected chi connectivity index (χ2v) is 8.14. The lowest BCUT2D eigenvalue weighted by molar-refractivity contribution is -0.143. The maximum atomic E-state index is 11.7. The van der Waals surface area contributed by atoms with Gasteiger partial charge in [0.1, 0.15) is 18.4 Å². The molecule has 2 aromatic carbocycles. The van der Waals surface area contributed by atoms with Crippen LogP contribution in [0.4, 0.5) is 4.79 Å². The Balaban J connectivity index is 2.04. The standard InChI is InChI=1S/C24H31NO5/c1-16(2)10-22(23(26)27)25(24(28)29)9-8-19-6-5-7-21(14-19)30-15-20-12-17(3)11-18(4)13-20/h5-7,11-14,16,22H,8-10,15H2,1-4H3,(H,26,27)(H,28,29). The molecule has 1 amide bonds. The monoisotopic (exact) mass is 413 g/mol. The summed E-state index contributed by atoms with van der Waals surface area (Å²) in [5.74, 6) is -0.336. The molecule has 0 heterocycles. The Kier molecular flexibility index (Phi) is 8.27. The van der Waals surface area contributed by atoms with Crippen molar-refractivity contribution in [2.24, 2.45) is 5.92 Å². The molecule has 1 unspecified atom stereocenters. The second kappa shape index (κ2) is 10.7. The first kappa shape index (κ1) is 23.3. The molecule has 2 N–H and O–H groups in total. The maximum Gasteiger partial charge on any atom is 0.408 e. The molecule has 0 aliphatic carbocycles. The highest BCUT2D eigenvalue weighted by Gasteiger charge is 2.29. The van der Waals surface area contributed by atoms with Gasteiger partial charge in [-0.15, -0.1) is 0 Å². The first-order chi connectivity index (χ1) is 14.2. The van der Waals surface area contributed by atoms with Gasteiger partial charge in [-0.2, -0.15) is 0 Å². The van der Waals surface area contributed by atoms with Crippen molar-refractivity contribution >= 4 is 12.1 Å². The van der Waals surface area contributed by atoms with Crippen molar-refractivity contribution in [3.8, 4) is 5.75 Å². The predicted octanol–water partition coefficient (Wildman–Crippen LogP) is 4.90. The third-order valence-electron chi connectivity index (χ3n) is 4.83. The minimum absolute atomic E-state index is 0.0786. The van der Waals surface area contributed by atoms with E-state index < -0.39 is 18.1 Å². The fraction of sp³-hybridized carbons (Fsp3) is 0.417. The number of carboxylic acids is 1. The number of nitrogens with zero attached hydrogens (tertiary/aromatic N) is 1. The number of rotatable bonds is 10. The van der Waals surface area contributed by atoms with E-state index in [0.717, 1.165) is 16.0 Å². The summed E-state index contributed by atoms with van der Waals surface area (Å²) in [5.41, 5.74) is 4.36. The van der Waals surface area contributed by atoms with E-state index in [0.29, 0.717) is 18.8 Å². The minimum atomic E-state index is -1.22. The number of ether oxygens (including phenoxy) is 1. The van der Waals surface area contributed by atoms with Crippen LogP contribution in [-0.2, 0) is 17.8 Å². The highest BCUT2D eigenvalue weighted by Crippen LogP contribution is 2.19. The predicted molar refractivity (Wildman–Crippen MR) is 116 cm³/mol. The Morgan fingerprint density at radius 3 is 2.23 bits per heavy atom. The van der Waals surface area contributed by atoms with E-state index in [1.54, 1.807) is 0 Å². The molecular formula is C24H31NO5. The first-order valence-corrected chi connectivity index (χ1v) is 10.2. The van der Waals surface area contributed by atoms with E-state index in [1.807, 2.05) is 38.1 Å². The van der Waals surface area contributed by atoms with E-state index in [1.165, 1.54) is 11.1 Å². The molecule has 0 saturated heterocycles. The number of carbonyl (C=O) groups is 2. The smallest absolute Gasteiger partial charge is 0.408 e. The molecule has 0 spiro atoms. The average molecular weight is 414 g/mol. The Hall–Kier alpha value is -3.02. The molecule has 0 aromatic heterocycles. The normalized spacial score (nSPS) is 11.9. The number of aliphatic carboxylic acids is 1. The van der Waals surface area contributed by atoms with Gasteiger partial charge in [0.05, 0.1) is 0 Å². The van der Waals surface area contributed by atoms with Crippen molar-refractivity contribution in [3.63, 3.8) is 0 Å². The summed E-state index contributed by atoms with van der Waals surface area (Å²) >= 11 is 0.